The van der Waals surface area contributed by atoms with Gasteiger partial charge in [-0.2, -0.15) is 8.78 Å². The van der Waals surface area contributed by atoms with E-state index >= 15 is 0 Å². The Hall–Kier alpha value is -0.670. The molecule has 0 saturated heterocycles. The maximum absolute atomic E-state index is 13.2. The third-order valence-electron chi connectivity index (χ3n) is 2.25. The molecule has 0 aliphatic heterocycles. The molecule has 0 aliphatic carbocycles. The van der Waals surface area contributed by atoms with E-state index in [0.717, 1.165) is 18.4 Å². The summed E-state index contributed by atoms with van der Waals surface area (Å²) < 4.78 is 26.4. The Bertz CT molecular complexity index is 339. The van der Waals surface area contributed by atoms with Gasteiger partial charge in [0.1, 0.15) is 0 Å². The van der Waals surface area contributed by atoms with E-state index in [1.54, 1.807) is 6.07 Å². The molecule has 0 amide bonds. The summed E-state index contributed by atoms with van der Waals surface area (Å²) in [5.74, 6) is -2.99. The first kappa shape index (κ1) is 12.4. The molecule has 1 rings (SSSR count). The Balaban J connectivity index is 3.01. The van der Waals surface area contributed by atoms with Crippen molar-refractivity contribution in [2.75, 3.05) is 6.54 Å². The van der Waals surface area contributed by atoms with Gasteiger partial charge in [-0.25, -0.2) is 0 Å². The third-order valence-corrected chi connectivity index (χ3v) is 2.60. The Morgan fingerprint density at radius 2 is 2.07 bits per heavy atom. The third kappa shape index (κ3) is 2.89. The Kier molecular flexibility index (Phi) is 4.05. The first-order chi connectivity index (χ1) is 7.01. The summed E-state index contributed by atoms with van der Waals surface area (Å²) in [4.78, 5) is 0. The van der Waals surface area contributed by atoms with E-state index in [1.807, 2.05) is 6.92 Å². The van der Waals surface area contributed by atoms with Crippen LogP contribution in [0, 0.1) is 0 Å². The molecular formula is C11H14ClF2N. The van der Waals surface area contributed by atoms with Gasteiger partial charge in [0.15, 0.2) is 0 Å². The van der Waals surface area contributed by atoms with Crippen LogP contribution in [0.4, 0.5) is 8.78 Å². The number of benzene rings is 1. The predicted molar refractivity (Wildman–Crippen MR) is 58.4 cm³/mol. The van der Waals surface area contributed by atoms with Crippen LogP contribution in [0.5, 0.6) is 0 Å². The van der Waals surface area contributed by atoms with Gasteiger partial charge in [0.05, 0.1) is 6.54 Å². The largest absolute Gasteiger partial charge is 0.325 e. The fourth-order valence-electron chi connectivity index (χ4n) is 1.36. The molecule has 0 bridgehead atoms. The fraction of sp³-hybridized carbons (Fsp3) is 0.455. The van der Waals surface area contributed by atoms with E-state index in [9.17, 15) is 8.78 Å². The highest BCUT2D eigenvalue weighted by molar-refractivity contribution is 6.31. The summed E-state index contributed by atoms with van der Waals surface area (Å²) in [6.07, 6.45) is 1.74. The lowest BCUT2D eigenvalue weighted by Gasteiger charge is -2.15. The quantitative estimate of drug-likeness (QED) is 0.848. The Morgan fingerprint density at radius 3 is 2.53 bits per heavy atom. The summed E-state index contributed by atoms with van der Waals surface area (Å²) in [6.45, 7) is 1.31. The van der Waals surface area contributed by atoms with Crippen LogP contribution in [0.15, 0.2) is 18.2 Å². The van der Waals surface area contributed by atoms with Crippen LogP contribution in [-0.2, 0) is 12.3 Å². The summed E-state index contributed by atoms with van der Waals surface area (Å²) in [7, 11) is 0. The number of hydrogen-bond acceptors (Lipinski definition) is 1. The first-order valence-corrected chi connectivity index (χ1v) is 5.26. The second kappa shape index (κ2) is 4.90. The number of nitrogens with two attached hydrogens (primary N) is 1. The van der Waals surface area contributed by atoms with Crippen molar-refractivity contribution in [2.24, 2.45) is 5.73 Å². The van der Waals surface area contributed by atoms with E-state index in [1.165, 1.54) is 12.1 Å². The molecular weight excluding hydrogens is 220 g/mol. The minimum Gasteiger partial charge on any atom is -0.325 e. The molecule has 1 aromatic rings. The highest BCUT2D eigenvalue weighted by atomic mass is 35.5. The van der Waals surface area contributed by atoms with Gasteiger partial charge in [-0.1, -0.05) is 37.1 Å². The second-order valence-corrected chi connectivity index (χ2v) is 3.87. The minimum atomic E-state index is -2.99. The predicted octanol–water partition coefficient (Wildman–Crippen LogP) is 3.34. The van der Waals surface area contributed by atoms with Crippen molar-refractivity contribution in [1.82, 2.24) is 0 Å². The lowest BCUT2D eigenvalue weighted by atomic mass is 10.0. The highest BCUT2D eigenvalue weighted by Gasteiger charge is 2.29. The van der Waals surface area contributed by atoms with E-state index in [2.05, 4.69) is 0 Å². The normalized spacial score (nSPS) is 11.8. The average Bonchev–Trinajstić information content (AvgIpc) is 2.21. The number of alkyl halides is 2. The average molecular weight is 234 g/mol. The fourth-order valence-corrected chi connectivity index (χ4v) is 1.64. The van der Waals surface area contributed by atoms with Gasteiger partial charge in [-0.05, 0) is 18.1 Å². The van der Waals surface area contributed by atoms with Crippen molar-refractivity contribution in [1.29, 1.82) is 0 Å². The van der Waals surface area contributed by atoms with Gasteiger partial charge in [0.2, 0.25) is 0 Å². The maximum Gasteiger partial charge on any atom is 0.285 e. The Labute approximate surface area is 93.2 Å². The minimum absolute atomic E-state index is 0.116. The van der Waals surface area contributed by atoms with Crippen LogP contribution in [0.25, 0.3) is 0 Å². The van der Waals surface area contributed by atoms with Crippen LogP contribution in [-0.4, -0.2) is 6.54 Å². The SMILES string of the molecule is CCCc1ccc(C(F)(F)CN)cc1Cl. The summed E-state index contributed by atoms with van der Waals surface area (Å²) in [5, 5.41) is 0.391. The molecule has 0 radical (unpaired) electrons. The van der Waals surface area contributed by atoms with Gasteiger partial charge in [-0.15, -0.1) is 0 Å². The van der Waals surface area contributed by atoms with Gasteiger partial charge in [0.25, 0.3) is 5.92 Å². The molecule has 1 nitrogen and oxygen atoms in total. The Morgan fingerprint density at radius 1 is 1.40 bits per heavy atom. The molecule has 84 valence electrons. The number of rotatable bonds is 4. The van der Waals surface area contributed by atoms with Gasteiger partial charge < -0.3 is 5.73 Å². The number of aryl methyl sites for hydroxylation is 1. The van der Waals surface area contributed by atoms with Crippen LogP contribution < -0.4 is 5.73 Å². The van der Waals surface area contributed by atoms with Crippen molar-refractivity contribution >= 4 is 11.6 Å². The molecule has 0 atom stereocenters. The zero-order chi connectivity index (χ0) is 11.5. The standard InChI is InChI=1S/C11H14ClF2N/c1-2-3-8-4-5-9(6-10(8)12)11(13,14)7-15/h4-6H,2-3,7,15H2,1H3. The monoisotopic (exact) mass is 233 g/mol. The van der Waals surface area contributed by atoms with Gasteiger partial charge >= 0.3 is 0 Å². The van der Waals surface area contributed by atoms with Gasteiger partial charge in [0, 0.05) is 10.6 Å². The van der Waals surface area contributed by atoms with Crippen molar-refractivity contribution in [3.05, 3.63) is 34.3 Å². The number of halogens is 3. The molecule has 0 fully saturated rings. The summed E-state index contributed by atoms with van der Waals surface area (Å²) in [5.41, 5.74) is 5.77. The molecule has 0 heterocycles. The molecule has 15 heavy (non-hydrogen) atoms. The lowest BCUT2D eigenvalue weighted by molar-refractivity contribution is 0.00594. The molecule has 1 aromatic carbocycles. The summed E-state index contributed by atoms with van der Waals surface area (Å²) >= 11 is 5.90. The molecule has 0 aliphatic rings. The van der Waals surface area contributed by atoms with Crippen LogP contribution >= 0.6 is 11.6 Å². The summed E-state index contributed by atoms with van der Waals surface area (Å²) in [6, 6.07) is 4.34. The van der Waals surface area contributed by atoms with Crippen molar-refractivity contribution in [2.45, 2.75) is 25.7 Å². The van der Waals surface area contributed by atoms with E-state index in [-0.39, 0.29) is 5.56 Å². The smallest absolute Gasteiger partial charge is 0.285 e. The molecule has 4 heteroatoms. The van der Waals surface area contributed by atoms with E-state index in [0.29, 0.717) is 5.02 Å². The molecule has 2 N–H and O–H groups in total. The molecule has 0 aromatic heterocycles. The zero-order valence-corrected chi connectivity index (χ0v) is 9.32. The molecule has 0 saturated carbocycles. The molecule has 0 unspecified atom stereocenters. The van der Waals surface area contributed by atoms with E-state index < -0.39 is 12.5 Å². The first-order valence-electron chi connectivity index (χ1n) is 4.88. The topological polar surface area (TPSA) is 26.0 Å². The van der Waals surface area contributed by atoms with Crippen LogP contribution in [0.1, 0.15) is 24.5 Å². The zero-order valence-electron chi connectivity index (χ0n) is 8.56. The van der Waals surface area contributed by atoms with Crippen LogP contribution in [0.2, 0.25) is 5.02 Å². The number of hydrogen-bond donors (Lipinski definition) is 1. The maximum atomic E-state index is 13.2. The van der Waals surface area contributed by atoms with Crippen LogP contribution in [0.3, 0.4) is 0 Å². The highest BCUT2D eigenvalue weighted by Crippen LogP contribution is 2.30. The van der Waals surface area contributed by atoms with Crippen molar-refractivity contribution in [3.63, 3.8) is 0 Å². The van der Waals surface area contributed by atoms with Crippen molar-refractivity contribution < 1.29 is 8.78 Å². The second-order valence-electron chi connectivity index (χ2n) is 3.46. The van der Waals surface area contributed by atoms with Gasteiger partial charge in [-0.3, -0.25) is 0 Å². The van der Waals surface area contributed by atoms with E-state index in [4.69, 9.17) is 17.3 Å². The lowest BCUT2D eigenvalue weighted by Crippen LogP contribution is -2.25. The molecule has 0 spiro atoms. The van der Waals surface area contributed by atoms with Crippen molar-refractivity contribution in [3.8, 4) is 0 Å².